The number of nitrogens with zero attached hydrogens (tertiary/aromatic N) is 2. The van der Waals surface area contributed by atoms with Crippen LogP contribution in [0.1, 0.15) is 19.8 Å². The quantitative estimate of drug-likeness (QED) is 0.692. The average molecular weight is 199 g/mol. The predicted octanol–water partition coefficient (Wildman–Crippen LogP) is 2.97. The highest BCUT2D eigenvalue weighted by Crippen LogP contribution is 2.13. The van der Waals surface area contributed by atoms with Crippen LogP contribution in [0.15, 0.2) is 18.2 Å². The van der Waals surface area contributed by atoms with E-state index in [1.54, 1.807) is 6.07 Å². The van der Waals surface area contributed by atoms with Gasteiger partial charge in [0.05, 0.1) is 0 Å². The SMILES string of the molecule is CCCCN(C)c1cccc(Cl)n1. The molecule has 0 aromatic carbocycles. The molecule has 0 aliphatic rings. The van der Waals surface area contributed by atoms with Crippen molar-refractivity contribution in [1.82, 2.24) is 4.98 Å². The second-order valence-electron chi connectivity index (χ2n) is 3.09. The molecule has 1 heterocycles. The second-order valence-corrected chi connectivity index (χ2v) is 3.48. The molecule has 2 nitrogen and oxygen atoms in total. The number of anilines is 1. The maximum Gasteiger partial charge on any atom is 0.131 e. The minimum absolute atomic E-state index is 0.556. The zero-order valence-electron chi connectivity index (χ0n) is 8.13. The van der Waals surface area contributed by atoms with Gasteiger partial charge in [-0.1, -0.05) is 31.0 Å². The minimum Gasteiger partial charge on any atom is -0.360 e. The van der Waals surface area contributed by atoms with E-state index in [1.807, 2.05) is 19.2 Å². The Bertz CT molecular complexity index is 263. The van der Waals surface area contributed by atoms with Gasteiger partial charge in [-0.15, -0.1) is 0 Å². The number of rotatable bonds is 4. The van der Waals surface area contributed by atoms with E-state index >= 15 is 0 Å². The van der Waals surface area contributed by atoms with Gasteiger partial charge in [0.25, 0.3) is 0 Å². The van der Waals surface area contributed by atoms with E-state index in [0.717, 1.165) is 12.4 Å². The lowest BCUT2D eigenvalue weighted by Gasteiger charge is -2.17. The first kappa shape index (κ1) is 10.3. The molecule has 0 bridgehead atoms. The number of pyridine rings is 1. The molecule has 0 N–H and O–H groups in total. The third-order valence-electron chi connectivity index (χ3n) is 1.94. The van der Waals surface area contributed by atoms with E-state index in [-0.39, 0.29) is 0 Å². The molecule has 0 saturated carbocycles. The molecule has 3 heteroatoms. The lowest BCUT2D eigenvalue weighted by molar-refractivity contribution is 0.759. The van der Waals surface area contributed by atoms with Crippen molar-refractivity contribution in [3.05, 3.63) is 23.4 Å². The molecule has 72 valence electrons. The lowest BCUT2D eigenvalue weighted by Crippen LogP contribution is -2.19. The van der Waals surface area contributed by atoms with Gasteiger partial charge in [-0.3, -0.25) is 0 Å². The van der Waals surface area contributed by atoms with Crippen LogP contribution in [0.5, 0.6) is 0 Å². The summed E-state index contributed by atoms with van der Waals surface area (Å²) in [6, 6.07) is 5.69. The van der Waals surface area contributed by atoms with Crippen LogP contribution in [-0.2, 0) is 0 Å². The summed E-state index contributed by atoms with van der Waals surface area (Å²) in [5.41, 5.74) is 0. The Morgan fingerprint density at radius 2 is 2.23 bits per heavy atom. The van der Waals surface area contributed by atoms with Crippen molar-refractivity contribution in [3.8, 4) is 0 Å². The number of halogens is 1. The number of hydrogen-bond acceptors (Lipinski definition) is 2. The Kier molecular flexibility index (Phi) is 4.03. The normalized spacial score (nSPS) is 10.1. The zero-order valence-corrected chi connectivity index (χ0v) is 8.88. The number of hydrogen-bond donors (Lipinski definition) is 0. The summed E-state index contributed by atoms with van der Waals surface area (Å²) >= 11 is 5.79. The van der Waals surface area contributed by atoms with Crippen LogP contribution in [0.3, 0.4) is 0 Å². The van der Waals surface area contributed by atoms with E-state index in [2.05, 4.69) is 16.8 Å². The first-order chi connectivity index (χ1) is 6.24. The van der Waals surface area contributed by atoms with Gasteiger partial charge < -0.3 is 4.90 Å². The minimum atomic E-state index is 0.556. The molecular formula is C10H15ClN2. The Labute approximate surface area is 84.5 Å². The highest BCUT2D eigenvalue weighted by atomic mass is 35.5. The molecule has 0 aliphatic carbocycles. The lowest BCUT2D eigenvalue weighted by atomic mass is 10.3. The van der Waals surface area contributed by atoms with E-state index in [1.165, 1.54) is 12.8 Å². The molecular weight excluding hydrogens is 184 g/mol. The van der Waals surface area contributed by atoms with Gasteiger partial charge in [-0.25, -0.2) is 4.98 Å². The second kappa shape index (κ2) is 5.07. The summed E-state index contributed by atoms with van der Waals surface area (Å²) < 4.78 is 0. The fourth-order valence-electron chi connectivity index (χ4n) is 1.12. The van der Waals surface area contributed by atoms with Crippen molar-refractivity contribution < 1.29 is 0 Å². The number of unbranched alkanes of at least 4 members (excludes halogenated alkanes) is 1. The first-order valence-corrected chi connectivity index (χ1v) is 4.95. The van der Waals surface area contributed by atoms with Crippen LogP contribution >= 0.6 is 11.6 Å². The van der Waals surface area contributed by atoms with Crippen molar-refractivity contribution in [3.63, 3.8) is 0 Å². The van der Waals surface area contributed by atoms with Crippen molar-refractivity contribution in [1.29, 1.82) is 0 Å². The van der Waals surface area contributed by atoms with Gasteiger partial charge in [-0.05, 0) is 18.6 Å². The van der Waals surface area contributed by atoms with E-state index in [0.29, 0.717) is 5.15 Å². The first-order valence-electron chi connectivity index (χ1n) is 4.57. The van der Waals surface area contributed by atoms with Crippen molar-refractivity contribution in [2.75, 3.05) is 18.5 Å². The van der Waals surface area contributed by atoms with Gasteiger partial charge in [-0.2, -0.15) is 0 Å². The third kappa shape index (κ3) is 3.23. The van der Waals surface area contributed by atoms with Gasteiger partial charge >= 0.3 is 0 Å². The molecule has 0 unspecified atom stereocenters. The molecule has 0 radical (unpaired) electrons. The topological polar surface area (TPSA) is 16.1 Å². The molecule has 1 aromatic rings. The molecule has 0 fully saturated rings. The van der Waals surface area contributed by atoms with Crippen LogP contribution in [0.25, 0.3) is 0 Å². The standard InChI is InChI=1S/C10H15ClN2/c1-3-4-8-13(2)10-7-5-6-9(11)12-10/h5-7H,3-4,8H2,1-2H3. The Morgan fingerprint density at radius 3 is 2.85 bits per heavy atom. The van der Waals surface area contributed by atoms with Crippen molar-refractivity contribution >= 4 is 17.4 Å². The summed E-state index contributed by atoms with van der Waals surface area (Å²) in [5, 5.41) is 0.556. The largest absolute Gasteiger partial charge is 0.360 e. The summed E-state index contributed by atoms with van der Waals surface area (Å²) in [6.45, 7) is 3.21. The molecule has 0 spiro atoms. The average Bonchev–Trinajstić information content (AvgIpc) is 2.14. The summed E-state index contributed by atoms with van der Waals surface area (Å²) in [5.74, 6) is 0.945. The van der Waals surface area contributed by atoms with Crippen LogP contribution in [0, 0.1) is 0 Å². The molecule has 0 aliphatic heterocycles. The van der Waals surface area contributed by atoms with Crippen LogP contribution in [0.2, 0.25) is 5.15 Å². The van der Waals surface area contributed by atoms with Crippen LogP contribution in [0.4, 0.5) is 5.82 Å². The maximum absolute atomic E-state index is 5.79. The molecule has 1 rings (SSSR count). The summed E-state index contributed by atoms with van der Waals surface area (Å²) in [6.07, 6.45) is 2.38. The Hall–Kier alpha value is -0.760. The molecule has 0 saturated heterocycles. The fourth-order valence-corrected chi connectivity index (χ4v) is 1.28. The summed E-state index contributed by atoms with van der Waals surface area (Å²) in [4.78, 5) is 6.34. The third-order valence-corrected chi connectivity index (χ3v) is 2.15. The number of aromatic nitrogens is 1. The Morgan fingerprint density at radius 1 is 1.46 bits per heavy atom. The zero-order chi connectivity index (χ0) is 9.68. The van der Waals surface area contributed by atoms with Gasteiger partial charge in [0.2, 0.25) is 0 Å². The van der Waals surface area contributed by atoms with Gasteiger partial charge in [0, 0.05) is 13.6 Å². The molecule has 1 aromatic heterocycles. The van der Waals surface area contributed by atoms with E-state index in [9.17, 15) is 0 Å². The smallest absolute Gasteiger partial charge is 0.131 e. The Balaban J connectivity index is 2.60. The van der Waals surface area contributed by atoms with Crippen molar-refractivity contribution in [2.45, 2.75) is 19.8 Å². The highest BCUT2D eigenvalue weighted by Gasteiger charge is 2.00. The van der Waals surface area contributed by atoms with E-state index in [4.69, 9.17) is 11.6 Å². The molecule has 13 heavy (non-hydrogen) atoms. The summed E-state index contributed by atoms with van der Waals surface area (Å²) in [7, 11) is 2.04. The fraction of sp³-hybridized carbons (Fsp3) is 0.500. The maximum atomic E-state index is 5.79. The predicted molar refractivity (Wildman–Crippen MR) is 57.4 cm³/mol. The molecule has 0 amide bonds. The van der Waals surface area contributed by atoms with Crippen LogP contribution < -0.4 is 4.90 Å². The van der Waals surface area contributed by atoms with Gasteiger partial charge in [0.1, 0.15) is 11.0 Å². The van der Waals surface area contributed by atoms with E-state index < -0.39 is 0 Å². The van der Waals surface area contributed by atoms with Gasteiger partial charge in [0.15, 0.2) is 0 Å². The van der Waals surface area contributed by atoms with Crippen molar-refractivity contribution in [2.24, 2.45) is 0 Å². The molecule has 0 atom stereocenters. The highest BCUT2D eigenvalue weighted by molar-refractivity contribution is 6.29. The monoisotopic (exact) mass is 198 g/mol. The van der Waals surface area contributed by atoms with Crippen LogP contribution in [-0.4, -0.2) is 18.6 Å².